The van der Waals surface area contributed by atoms with Gasteiger partial charge >= 0.3 is 0 Å². The largest absolute Gasteiger partial charge is 0.348 e. The average molecular weight is 368 g/mol. The van der Waals surface area contributed by atoms with Crippen LogP contribution in [0, 0.1) is 11.6 Å². The molecular formula is C17H18F2N2O3S. The first kappa shape index (κ1) is 18.9. The van der Waals surface area contributed by atoms with Crippen molar-refractivity contribution in [2.75, 3.05) is 17.1 Å². The Balaban J connectivity index is 2.22. The lowest BCUT2D eigenvalue weighted by Crippen LogP contribution is -2.41. The third-order valence-corrected chi connectivity index (χ3v) is 4.66. The van der Waals surface area contributed by atoms with Gasteiger partial charge in [-0.05, 0) is 24.6 Å². The number of nitrogens with one attached hydrogen (secondary N) is 1. The maximum atomic E-state index is 13.9. The highest BCUT2D eigenvalue weighted by atomic mass is 32.2. The molecule has 134 valence electrons. The maximum absolute atomic E-state index is 13.9. The number of rotatable bonds is 6. The normalized spacial score (nSPS) is 12.5. The number of sulfonamides is 1. The minimum absolute atomic E-state index is 0.388. The van der Waals surface area contributed by atoms with E-state index in [0.717, 1.165) is 30.0 Å². The summed E-state index contributed by atoms with van der Waals surface area (Å²) in [5.41, 5.74) is 0.0475. The Morgan fingerprint density at radius 2 is 1.64 bits per heavy atom. The number of benzene rings is 2. The second-order valence-electron chi connectivity index (χ2n) is 5.54. The van der Waals surface area contributed by atoms with Gasteiger partial charge in [0.25, 0.3) is 0 Å². The summed E-state index contributed by atoms with van der Waals surface area (Å²) in [6.45, 7) is 0.996. The van der Waals surface area contributed by atoms with E-state index in [2.05, 4.69) is 5.32 Å². The van der Waals surface area contributed by atoms with Crippen LogP contribution in [0.5, 0.6) is 0 Å². The lowest BCUT2D eigenvalue weighted by atomic mass is 10.1. The Kier molecular flexibility index (Phi) is 5.73. The molecule has 0 aliphatic heterocycles. The molecule has 0 aliphatic rings. The summed E-state index contributed by atoms with van der Waals surface area (Å²) in [5, 5.41) is 2.62. The number of hydrogen-bond acceptors (Lipinski definition) is 3. The lowest BCUT2D eigenvalue weighted by Gasteiger charge is -2.24. The molecular weight excluding hydrogens is 350 g/mol. The van der Waals surface area contributed by atoms with Crippen LogP contribution in [0.4, 0.5) is 14.5 Å². The standard InChI is InChI=1S/C17H18F2N2O3S/c1-12(13-7-4-3-5-8-13)20-16(22)11-21(25(2,23)24)17-14(18)9-6-10-15(17)19/h3-10,12H,11H2,1-2H3,(H,20,22). The third-order valence-electron chi connectivity index (χ3n) is 3.55. The van der Waals surface area contributed by atoms with E-state index in [9.17, 15) is 22.0 Å². The van der Waals surface area contributed by atoms with Crippen molar-refractivity contribution in [2.24, 2.45) is 0 Å². The van der Waals surface area contributed by atoms with Gasteiger partial charge in [0.15, 0.2) is 11.6 Å². The van der Waals surface area contributed by atoms with Gasteiger partial charge in [-0.2, -0.15) is 0 Å². The van der Waals surface area contributed by atoms with Crippen molar-refractivity contribution in [2.45, 2.75) is 13.0 Å². The van der Waals surface area contributed by atoms with Gasteiger partial charge in [-0.1, -0.05) is 36.4 Å². The fraction of sp³-hybridized carbons (Fsp3) is 0.235. The summed E-state index contributed by atoms with van der Waals surface area (Å²) in [6.07, 6.45) is 0.785. The lowest BCUT2D eigenvalue weighted by molar-refractivity contribution is -0.120. The van der Waals surface area contributed by atoms with E-state index in [1.807, 2.05) is 6.07 Å². The molecule has 1 unspecified atom stereocenters. The second-order valence-corrected chi connectivity index (χ2v) is 7.45. The summed E-state index contributed by atoms with van der Waals surface area (Å²) in [7, 11) is -4.07. The Morgan fingerprint density at radius 1 is 1.08 bits per heavy atom. The highest BCUT2D eigenvalue weighted by molar-refractivity contribution is 7.92. The zero-order valence-corrected chi connectivity index (χ0v) is 14.6. The molecule has 2 aromatic carbocycles. The molecule has 2 aromatic rings. The average Bonchev–Trinajstić information content (AvgIpc) is 2.53. The first-order chi connectivity index (χ1) is 11.7. The maximum Gasteiger partial charge on any atom is 0.241 e. The number of hydrogen-bond donors (Lipinski definition) is 1. The number of amides is 1. The van der Waals surface area contributed by atoms with Gasteiger partial charge < -0.3 is 5.32 Å². The van der Waals surface area contributed by atoms with Crippen LogP contribution in [0.25, 0.3) is 0 Å². The van der Waals surface area contributed by atoms with Crippen LogP contribution in [-0.2, 0) is 14.8 Å². The molecule has 1 atom stereocenters. The molecule has 0 heterocycles. The quantitative estimate of drug-likeness (QED) is 0.852. The third kappa shape index (κ3) is 4.76. The van der Waals surface area contributed by atoms with Crippen molar-refractivity contribution in [3.8, 4) is 0 Å². The summed E-state index contributed by atoms with van der Waals surface area (Å²) in [4.78, 5) is 12.2. The molecule has 0 fully saturated rings. The number of anilines is 1. The van der Waals surface area contributed by atoms with Crippen LogP contribution in [0.1, 0.15) is 18.5 Å². The van der Waals surface area contributed by atoms with E-state index < -0.39 is 39.8 Å². The van der Waals surface area contributed by atoms with Crippen molar-refractivity contribution in [1.29, 1.82) is 0 Å². The Labute approximate surface area is 145 Å². The van der Waals surface area contributed by atoms with Crippen LogP contribution in [0.15, 0.2) is 48.5 Å². The highest BCUT2D eigenvalue weighted by Crippen LogP contribution is 2.25. The highest BCUT2D eigenvalue weighted by Gasteiger charge is 2.27. The van der Waals surface area contributed by atoms with E-state index in [1.54, 1.807) is 31.2 Å². The molecule has 0 bridgehead atoms. The summed E-state index contributed by atoms with van der Waals surface area (Å²) >= 11 is 0. The number of nitrogens with zero attached hydrogens (tertiary/aromatic N) is 1. The molecule has 1 N–H and O–H groups in total. The number of carbonyl (C=O) groups is 1. The molecule has 0 spiro atoms. The predicted octanol–water partition coefficient (Wildman–Crippen LogP) is 2.61. The number of halogens is 2. The van der Waals surface area contributed by atoms with Gasteiger partial charge in [-0.3, -0.25) is 9.10 Å². The Bertz CT molecular complexity index is 837. The SMILES string of the molecule is CC(NC(=O)CN(c1c(F)cccc1F)S(C)(=O)=O)c1ccccc1. The van der Waals surface area contributed by atoms with Gasteiger partial charge in [-0.15, -0.1) is 0 Å². The predicted molar refractivity (Wildman–Crippen MR) is 91.5 cm³/mol. The molecule has 25 heavy (non-hydrogen) atoms. The fourth-order valence-electron chi connectivity index (χ4n) is 2.33. The van der Waals surface area contributed by atoms with Crippen LogP contribution in [0.2, 0.25) is 0 Å². The second kappa shape index (κ2) is 7.60. The number of carbonyl (C=O) groups excluding carboxylic acids is 1. The van der Waals surface area contributed by atoms with E-state index in [1.165, 1.54) is 0 Å². The van der Waals surface area contributed by atoms with E-state index in [0.29, 0.717) is 4.31 Å². The zero-order valence-electron chi connectivity index (χ0n) is 13.7. The Hall–Kier alpha value is -2.48. The first-order valence-corrected chi connectivity index (χ1v) is 9.31. The molecule has 0 saturated heterocycles. The van der Waals surface area contributed by atoms with Crippen molar-refractivity contribution in [3.63, 3.8) is 0 Å². The van der Waals surface area contributed by atoms with E-state index >= 15 is 0 Å². The summed E-state index contributed by atoms with van der Waals surface area (Å²) < 4.78 is 52.2. The van der Waals surface area contributed by atoms with Crippen LogP contribution >= 0.6 is 0 Å². The monoisotopic (exact) mass is 368 g/mol. The smallest absolute Gasteiger partial charge is 0.241 e. The van der Waals surface area contributed by atoms with Gasteiger partial charge in [-0.25, -0.2) is 17.2 Å². The van der Waals surface area contributed by atoms with Gasteiger partial charge in [0.2, 0.25) is 15.9 Å². The Morgan fingerprint density at radius 3 is 2.16 bits per heavy atom. The molecule has 0 radical (unpaired) electrons. The summed E-state index contributed by atoms with van der Waals surface area (Å²) in [5.74, 6) is -2.80. The first-order valence-electron chi connectivity index (χ1n) is 7.46. The number of para-hydroxylation sites is 1. The summed E-state index contributed by atoms with van der Waals surface area (Å²) in [6, 6.07) is 11.6. The van der Waals surface area contributed by atoms with Crippen molar-refractivity contribution in [1.82, 2.24) is 5.32 Å². The van der Waals surface area contributed by atoms with Gasteiger partial charge in [0, 0.05) is 0 Å². The minimum atomic E-state index is -4.07. The molecule has 0 aromatic heterocycles. The van der Waals surface area contributed by atoms with E-state index in [-0.39, 0.29) is 6.04 Å². The van der Waals surface area contributed by atoms with Gasteiger partial charge in [0.1, 0.15) is 12.2 Å². The van der Waals surface area contributed by atoms with Gasteiger partial charge in [0.05, 0.1) is 12.3 Å². The molecule has 8 heteroatoms. The van der Waals surface area contributed by atoms with Crippen molar-refractivity contribution >= 4 is 21.6 Å². The molecule has 0 aliphatic carbocycles. The van der Waals surface area contributed by atoms with Crippen LogP contribution in [0.3, 0.4) is 0 Å². The van der Waals surface area contributed by atoms with Crippen molar-refractivity contribution < 1.29 is 22.0 Å². The molecule has 1 amide bonds. The van der Waals surface area contributed by atoms with E-state index in [4.69, 9.17) is 0 Å². The van der Waals surface area contributed by atoms with Crippen LogP contribution in [-0.4, -0.2) is 27.1 Å². The zero-order chi connectivity index (χ0) is 18.6. The molecule has 5 nitrogen and oxygen atoms in total. The minimum Gasteiger partial charge on any atom is -0.348 e. The van der Waals surface area contributed by atoms with Crippen molar-refractivity contribution in [3.05, 3.63) is 65.7 Å². The fourth-order valence-corrected chi connectivity index (χ4v) is 3.19. The molecule has 0 saturated carbocycles. The topological polar surface area (TPSA) is 66.5 Å². The van der Waals surface area contributed by atoms with Crippen LogP contribution < -0.4 is 9.62 Å². The molecule has 2 rings (SSSR count).